The van der Waals surface area contributed by atoms with Gasteiger partial charge in [0.1, 0.15) is 35.4 Å². The highest BCUT2D eigenvalue weighted by Crippen LogP contribution is 2.35. The van der Waals surface area contributed by atoms with Crippen LogP contribution in [0.25, 0.3) is 11.0 Å². The van der Waals surface area contributed by atoms with E-state index in [0.717, 1.165) is 4.90 Å². The molecule has 1 heterocycles. The third-order valence-electron chi connectivity index (χ3n) is 5.78. The Morgan fingerprint density at radius 2 is 1.63 bits per heavy atom. The number of hydrogen-bond acceptors (Lipinski definition) is 6. The van der Waals surface area contributed by atoms with Crippen molar-refractivity contribution in [2.75, 3.05) is 19.1 Å². The largest absolute Gasteiger partial charge is 0.497 e. The highest BCUT2D eigenvalue weighted by Gasteiger charge is 2.36. The highest BCUT2D eigenvalue weighted by atomic mass is 19.1. The van der Waals surface area contributed by atoms with Gasteiger partial charge in [-0.1, -0.05) is 29.5 Å². The molecule has 1 N–H and O–H groups in total. The molecule has 198 valence electrons. The monoisotopic (exact) mass is 519 g/mol. The molecule has 0 aliphatic carbocycles. The zero-order chi connectivity index (χ0) is 27.4. The molecule has 9 nitrogen and oxygen atoms in total. The summed E-state index contributed by atoms with van der Waals surface area (Å²) in [6.45, 7) is 5.19. The lowest BCUT2D eigenvalue weighted by molar-refractivity contribution is -0.128. The van der Waals surface area contributed by atoms with E-state index < -0.39 is 29.2 Å². The summed E-state index contributed by atoms with van der Waals surface area (Å²) in [6.07, 6.45) is 0. The second kappa shape index (κ2) is 10.9. The fourth-order valence-corrected chi connectivity index (χ4v) is 4.15. The van der Waals surface area contributed by atoms with Crippen LogP contribution >= 0.6 is 0 Å². The normalized spacial score (nSPS) is 12.2. The zero-order valence-corrected chi connectivity index (χ0v) is 21.9. The first-order valence-corrected chi connectivity index (χ1v) is 12.0. The molecule has 2 amide bonds. The van der Waals surface area contributed by atoms with E-state index in [1.54, 1.807) is 36.4 Å². The number of hydrogen-bond donors (Lipinski definition) is 1. The SMILES string of the molecule is COc1cc(OC)cc(C(C(=O)NC(C)(C)C)N(C(=O)Cn2nnc3ccccc32)c2ccccc2F)c1. The molecule has 38 heavy (non-hydrogen) atoms. The fourth-order valence-electron chi connectivity index (χ4n) is 4.15. The molecule has 4 rings (SSSR count). The lowest BCUT2D eigenvalue weighted by Gasteiger charge is -2.34. The topological polar surface area (TPSA) is 98.6 Å². The smallest absolute Gasteiger partial charge is 0.249 e. The Balaban J connectivity index is 1.89. The summed E-state index contributed by atoms with van der Waals surface area (Å²) < 4.78 is 27.6. The molecule has 3 aromatic carbocycles. The maximum Gasteiger partial charge on any atom is 0.249 e. The lowest BCUT2D eigenvalue weighted by Crippen LogP contribution is -2.50. The van der Waals surface area contributed by atoms with Crippen molar-refractivity contribution in [1.29, 1.82) is 0 Å². The van der Waals surface area contributed by atoms with Crippen molar-refractivity contribution in [3.05, 3.63) is 78.1 Å². The molecular weight excluding hydrogens is 489 g/mol. The summed E-state index contributed by atoms with van der Waals surface area (Å²) in [4.78, 5) is 29.0. The quantitative estimate of drug-likeness (QED) is 0.373. The maximum atomic E-state index is 15.3. The molecule has 0 aliphatic rings. The van der Waals surface area contributed by atoms with Crippen LogP contribution in [0, 0.1) is 5.82 Å². The van der Waals surface area contributed by atoms with Crippen molar-refractivity contribution in [2.24, 2.45) is 0 Å². The molecule has 4 aromatic rings. The number of aromatic nitrogens is 3. The van der Waals surface area contributed by atoms with Crippen molar-refractivity contribution in [3.63, 3.8) is 0 Å². The number of nitrogens with one attached hydrogen (secondary N) is 1. The van der Waals surface area contributed by atoms with E-state index in [1.807, 2.05) is 32.9 Å². The van der Waals surface area contributed by atoms with Crippen molar-refractivity contribution in [3.8, 4) is 11.5 Å². The summed E-state index contributed by atoms with van der Waals surface area (Å²) in [5.74, 6) is -0.908. The Kier molecular flexibility index (Phi) is 7.61. The Morgan fingerprint density at radius 1 is 1.00 bits per heavy atom. The van der Waals surface area contributed by atoms with Gasteiger partial charge < -0.3 is 14.8 Å². The minimum Gasteiger partial charge on any atom is -0.497 e. The van der Waals surface area contributed by atoms with Gasteiger partial charge in [-0.25, -0.2) is 9.07 Å². The van der Waals surface area contributed by atoms with Gasteiger partial charge >= 0.3 is 0 Å². The van der Waals surface area contributed by atoms with E-state index >= 15 is 4.39 Å². The number of para-hydroxylation sites is 2. The van der Waals surface area contributed by atoms with Crippen LogP contribution in [0.2, 0.25) is 0 Å². The molecular formula is C28H30FN5O4. The first-order chi connectivity index (χ1) is 18.1. The third-order valence-corrected chi connectivity index (χ3v) is 5.78. The number of amides is 2. The van der Waals surface area contributed by atoms with Crippen molar-refractivity contribution in [2.45, 2.75) is 38.9 Å². The summed E-state index contributed by atoms with van der Waals surface area (Å²) in [5, 5.41) is 11.2. The van der Waals surface area contributed by atoms with Gasteiger partial charge in [0.15, 0.2) is 0 Å². The number of carbonyl (C=O) groups is 2. The minimum absolute atomic E-state index is 0.0576. The van der Waals surface area contributed by atoms with E-state index in [-0.39, 0.29) is 12.2 Å². The first kappa shape index (κ1) is 26.6. The zero-order valence-electron chi connectivity index (χ0n) is 21.9. The molecule has 0 radical (unpaired) electrons. The van der Waals surface area contributed by atoms with Crippen molar-refractivity contribution in [1.82, 2.24) is 20.3 Å². The molecule has 0 saturated carbocycles. The van der Waals surface area contributed by atoms with Crippen LogP contribution in [0.5, 0.6) is 11.5 Å². The number of benzene rings is 3. The molecule has 1 unspecified atom stereocenters. The number of nitrogens with zero attached hydrogens (tertiary/aromatic N) is 4. The molecule has 1 atom stereocenters. The Labute approximate surface area is 220 Å². The standard InChI is InChI=1S/C28H30FN5O4/c1-28(2,3)30-27(36)26(18-14-19(37-4)16-20(15-18)38-5)34(23-12-8-6-10-21(23)29)25(35)17-33-24-13-9-7-11-22(24)31-32-33/h6-16,26H,17H2,1-5H3,(H,30,36). The van der Waals surface area contributed by atoms with Crippen molar-refractivity contribution < 1.29 is 23.5 Å². The molecule has 1 aromatic heterocycles. The van der Waals surface area contributed by atoms with Crippen molar-refractivity contribution >= 4 is 28.5 Å². The average molecular weight is 520 g/mol. The average Bonchev–Trinajstić information content (AvgIpc) is 3.28. The highest BCUT2D eigenvalue weighted by molar-refractivity contribution is 6.02. The molecule has 0 bridgehead atoms. The molecule has 10 heteroatoms. The van der Waals surface area contributed by atoms with E-state index in [9.17, 15) is 9.59 Å². The van der Waals surface area contributed by atoms with Gasteiger partial charge in [-0.2, -0.15) is 0 Å². The third kappa shape index (κ3) is 5.74. The Bertz CT molecular complexity index is 1440. The summed E-state index contributed by atoms with van der Waals surface area (Å²) >= 11 is 0. The van der Waals surface area contributed by atoms with Crippen LogP contribution in [0.15, 0.2) is 66.7 Å². The number of anilines is 1. The van der Waals surface area contributed by atoms with Gasteiger partial charge in [0.05, 0.1) is 25.4 Å². The van der Waals surface area contributed by atoms with Gasteiger partial charge in [0, 0.05) is 11.6 Å². The predicted molar refractivity (Wildman–Crippen MR) is 142 cm³/mol. The molecule has 0 fully saturated rings. The van der Waals surface area contributed by atoms with Crippen LogP contribution in [0.4, 0.5) is 10.1 Å². The van der Waals surface area contributed by atoms with E-state index in [4.69, 9.17) is 9.47 Å². The van der Waals surface area contributed by atoms with Crippen LogP contribution < -0.4 is 19.7 Å². The number of ether oxygens (including phenoxy) is 2. The number of methoxy groups -OCH3 is 2. The number of halogens is 1. The minimum atomic E-state index is -1.27. The maximum absolute atomic E-state index is 15.3. The number of rotatable bonds is 8. The van der Waals surface area contributed by atoms with Crippen LogP contribution in [-0.2, 0) is 16.1 Å². The van der Waals surface area contributed by atoms with Gasteiger partial charge in [-0.15, -0.1) is 5.10 Å². The predicted octanol–water partition coefficient (Wildman–Crippen LogP) is 4.28. The van der Waals surface area contributed by atoms with Crippen LogP contribution in [-0.4, -0.2) is 46.6 Å². The first-order valence-electron chi connectivity index (χ1n) is 12.0. The van der Waals surface area contributed by atoms with Crippen LogP contribution in [0.1, 0.15) is 32.4 Å². The lowest BCUT2D eigenvalue weighted by atomic mass is 10.00. The van der Waals surface area contributed by atoms with E-state index in [0.29, 0.717) is 28.1 Å². The number of fused-ring (bicyclic) bond motifs is 1. The molecule has 0 saturated heterocycles. The summed E-state index contributed by atoms with van der Waals surface area (Å²) in [5.41, 5.74) is 0.927. The summed E-state index contributed by atoms with van der Waals surface area (Å²) in [6, 6.07) is 16.7. The van der Waals surface area contributed by atoms with Gasteiger partial charge in [0.25, 0.3) is 0 Å². The van der Waals surface area contributed by atoms with E-state index in [1.165, 1.54) is 37.1 Å². The fraction of sp³-hybridized carbons (Fsp3) is 0.286. The second-order valence-electron chi connectivity index (χ2n) is 9.74. The van der Waals surface area contributed by atoms with Crippen LogP contribution in [0.3, 0.4) is 0 Å². The molecule has 0 spiro atoms. The van der Waals surface area contributed by atoms with Gasteiger partial charge in [-0.3, -0.25) is 14.5 Å². The second-order valence-corrected chi connectivity index (χ2v) is 9.74. The molecule has 0 aliphatic heterocycles. The van der Waals surface area contributed by atoms with Gasteiger partial charge in [0.2, 0.25) is 11.8 Å². The Morgan fingerprint density at radius 3 is 2.26 bits per heavy atom. The Hall–Kier alpha value is -4.47. The summed E-state index contributed by atoms with van der Waals surface area (Å²) in [7, 11) is 2.97. The van der Waals surface area contributed by atoms with E-state index in [2.05, 4.69) is 15.6 Å². The number of carbonyl (C=O) groups excluding carboxylic acids is 2. The van der Waals surface area contributed by atoms with Gasteiger partial charge in [-0.05, 0) is 62.7 Å².